The lowest BCUT2D eigenvalue weighted by Gasteiger charge is -2.04. The van der Waals surface area contributed by atoms with Crippen LogP contribution >= 0.6 is 11.6 Å². The number of rotatable bonds is 5. The molecule has 1 aromatic heterocycles. The number of pyridine rings is 1. The molecule has 2 nitrogen and oxygen atoms in total. The SMILES string of the molecule is Fc1cccnc1NCCCCCl. The van der Waals surface area contributed by atoms with Crippen molar-refractivity contribution in [2.75, 3.05) is 17.7 Å². The second-order valence-corrected chi connectivity index (χ2v) is 3.03. The van der Waals surface area contributed by atoms with Crippen molar-refractivity contribution in [2.45, 2.75) is 12.8 Å². The lowest BCUT2D eigenvalue weighted by molar-refractivity contribution is 0.623. The maximum absolute atomic E-state index is 12.9. The summed E-state index contributed by atoms with van der Waals surface area (Å²) in [5.74, 6) is 0.650. The Morgan fingerprint density at radius 3 is 3.00 bits per heavy atom. The first-order valence-electron chi connectivity index (χ1n) is 4.25. The number of alkyl halides is 1. The van der Waals surface area contributed by atoms with Gasteiger partial charge in [-0.05, 0) is 25.0 Å². The highest BCUT2D eigenvalue weighted by molar-refractivity contribution is 6.17. The minimum absolute atomic E-state index is 0.312. The summed E-state index contributed by atoms with van der Waals surface area (Å²) in [5, 5.41) is 2.90. The van der Waals surface area contributed by atoms with Crippen molar-refractivity contribution in [3.05, 3.63) is 24.1 Å². The summed E-state index contributed by atoms with van der Waals surface area (Å²) in [6.07, 6.45) is 3.43. The van der Waals surface area contributed by atoms with E-state index in [-0.39, 0.29) is 5.82 Å². The van der Waals surface area contributed by atoms with Crippen molar-refractivity contribution < 1.29 is 4.39 Å². The van der Waals surface area contributed by atoms with E-state index in [4.69, 9.17) is 11.6 Å². The van der Waals surface area contributed by atoms with Gasteiger partial charge < -0.3 is 5.32 Å². The summed E-state index contributed by atoms with van der Waals surface area (Å²) in [6.45, 7) is 0.709. The van der Waals surface area contributed by atoms with Gasteiger partial charge in [-0.25, -0.2) is 9.37 Å². The molecule has 0 spiro atoms. The monoisotopic (exact) mass is 202 g/mol. The number of nitrogens with zero attached hydrogens (tertiary/aromatic N) is 1. The molecule has 0 unspecified atom stereocenters. The van der Waals surface area contributed by atoms with E-state index in [9.17, 15) is 4.39 Å². The van der Waals surface area contributed by atoms with E-state index in [2.05, 4.69) is 10.3 Å². The van der Waals surface area contributed by atoms with Crippen LogP contribution < -0.4 is 5.32 Å². The number of anilines is 1. The van der Waals surface area contributed by atoms with E-state index in [0.717, 1.165) is 12.8 Å². The van der Waals surface area contributed by atoms with Gasteiger partial charge in [0.15, 0.2) is 11.6 Å². The van der Waals surface area contributed by atoms with E-state index >= 15 is 0 Å². The second kappa shape index (κ2) is 5.75. The van der Waals surface area contributed by atoms with Crippen molar-refractivity contribution in [1.29, 1.82) is 0 Å². The first-order chi connectivity index (χ1) is 6.34. The number of hydrogen-bond acceptors (Lipinski definition) is 2. The van der Waals surface area contributed by atoms with Gasteiger partial charge in [-0.1, -0.05) is 0 Å². The van der Waals surface area contributed by atoms with Crippen LogP contribution in [0.1, 0.15) is 12.8 Å². The predicted octanol–water partition coefficient (Wildman–Crippen LogP) is 2.65. The van der Waals surface area contributed by atoms with Crippen molar-refractivity contribution >= 4 is 17.4 Å². The number of halogens is 2. The van der Waals surface area contributed by atoms with Crippen molar-refractivity contribution in [1.82, 2.24) is 4.98 Å². The smallest absolute Gasteiger partial charge is 0.165 e. The van der Waals surface area contributed by atoms with Crippen LogP contribution in [0, 0.1) is 5.82 Å². The molecule has 0 bridgehead atoms. The number of hydrogen-bond donors (Lipinski definition) is 1. The fourth-order valence-corrected chi connectivity index (χ4v) is 1.13. The van der Waals surface area contributed by atoms with Crippen molar-refractivity contribution in [2.24, 2.45) is 0 Å². The van der Waals surface area contributed by atoms with Crippen molar-refractivity contribution in [3.8, 4) is 0 Å². The van der Waals surface area contributed by atoms with Gasteiger partial charge in [-0.15, -0.1) is 11.6 Å². The summed E-state index contributed by atoms with van der Waals surface area (Å²) in [5.41, 5.74) is 0. The highest BCUT2D eigenvalue weighted by Crippen LogP contribution is 2.08. The van der Waals surface area contributed by atoms with Gasteiger partial charge in [-0.3, -0.25) is 0 Å². The molecular formula is C9H12ClFN2. The van der Waals surface area contributed by atoms with Gasteiger partial charge in [0.2, 0.25) is 0 Å². The molecule has 13 heavy (non-hydrogen) atoms. The van der Waals surface area contributed by atoms with E-state index < -0.39 is 0 Å². The highest BCUT2D eigenvalue weighted by Gasteiger charge is 1.99. The molecule has 0 radical (unpaired) electrons. The quantitative estimate of drug-likeness (QED) is 0.587. The lowest BCUT2D eigenvalue weighted by Crippen LogP contribution is -2.05. The number of aromatic nitrogens is 1. The topological polar surface area (TPSA) is 24.9 Å². The Kier molecular flexibility index (Phi) is 4.54. The average Bonchev–Trinajstić information content (AvgIpc) is 2.15. The fraction of sp³-hybridized carbons (Fsp3) is 0.444. The molecule has 1 heterocycles. The van der Waals surface area contributed by atoms with Crippen LogP contribution in [0.15, 0.2) is 18.3 Å². The van der Waals surface area contributed by atoms with Gasteiger partial charge in [0.1, 0.15) is 0 Å². The molecule has 1 aromatic rings. The maximum Gasteiger partial charge on any atom is 0.165 e. The zero-order valence-electron chi connectivity index (χ0n) is 7.26. The Balaban J connectivity index is 2.32. The Morgan fingerprint density at radius 1 is 1.46 bits per heavy atom. The van der Waals surface area contributed by atoms with Crippen LogP contribution in [0.5, 0.6) is 0 Å². The number of unbranched alkanes of at least 4 members (excludes halogenated alkanes) is 1. The van der Waals surface area contributed by atoms with Crippen LogP contribution in [0.3, 0.4) is 0 Å². The molecule has 0 aliphatic carbocycles. The van der Waals surface area contributed by atoms with Crippen LogP contribution in [-0.2, 0) is 0 Å². The fourth-order valence-electron chi connectivity index (χ4n) is 0.942. The Labute approximate surface area is 82.1 Å². The van der Waals surface area contributed by atoms with Gasteiger partial charge in [-0.2, -0.15) is 0 Å². The zero-order valence-corrected chi connectivity index (χ0v) is 8.02. The minimum atomic E-state index is -0.312. The minimum Gasteiger partial charge on any atom is -0.368 e. The Hall–Kier alpha value is -0.830. The molecule has 0 aliphatic rings. The van der Waals surface area contributed by atoms with Gasteiger partial charge in [0.05, 0.1) is 0 Å². The second-order valence-electron chi connectivity index (χ2n) is 2.66. The maximum atomic E-state index is 12.9. The van der Waals surface area contributed by atoms with Gasteiger partial charge >= 0.3 is 0 Å². The molecule has 4 heteroatoms. The molecule has 0 saturated carbocycles. The molecule has 72 valence electrons. The largest absolute Gasteiger partial charge is 0.368 e. The van der Waals surface area contributed by atoms with E-state index in [1.54, 1.807) is 12.3 Å². The summed E-state index contributed by atoms with van der Waals surface area (Å²) >= 11 is 5.50. The van der Waals surface area contributed by atoms with Crippen LogP contribution in [0.25, 0.3) is 0 Å². The molecular weight excluding hydrogens is 191 g/mol. The van der Waals surface area contributed by atoms with E-state index in [1.807, 2.05) is 0 Å². The predicted molar refractivity (Wildman–Crippen MR) is 52.6 cm³/mol. The zero-order chi connectivity index (χ0) is 9.52. The number of nitrogens with one attached hydrogen (secondary N) is 1. The summed E-state index contributed by atoms with van der Waals surface area (Å²) < 4.78 is 12.9. The molecule has 0 atom stereocenters. The third kappa shape index (κ3) is 3.59. The molecule has 1 rings (SSSR count). The van der Waals surface area contributed by atoms with Crippen LogP contribution in [-0.4, -0.2) is 17.4 Å². The summed E-state index contributed by atoms with van der Waals surface area (Å²) in [7, 11) is 0. The van der Waals surface area contributed by atoms with E-state index in [1.165, 1.54) is 6.07 Å². The Morgan fingerprint density at radius 2 is 2.31 bits per heavy atom. The third-order valence-corrected chi connectivity index (χ3v) is 1.88. The summed E-state index contributed by atoms with van der Waals surface area (Å²) in [4.78, 5) is 3.86. The van der Waals surface area contributed by atoms with Crippen LogP contribution in [0.4, 0.5) is 10.2 Å². The molecule has 0 aliphatic heterocycles. The van der Waals surface area contributed by atoms with E-state index in [0.29, 0.717) is 18.2 Å². The first kappa shape index (κ1) is 10.3. The third-order valence-electron chi connectivity index (χ3n) is 1.61. The summed E-state index contributed by atoms with van der Waals surface area (Å²) in [6, 6.07) is 2.95. The molecule has 1 N–H and O–H groups in total. The molecule has 0 amide bonds. The standard InChI is InChI=1S/C9H12ClFN2/c10-5-1-2-6-12-9-8(11)4-3-7-13-9/h3-4,7H,1-2,5-6H2,(H,12,13). The normalized spacial score (nSPS) is 10.0. The molecule has 0 saturated heterocycles. The molecule has 0 aromatic carbocycles. The molecule has 0 fully saturated rings. The van der Waals surface area contributed by atoms with Crippen LogP contribution in [0.2, 0.25) is 0 Å². The van der Waals surface area contributed by atoms with Gasteiger partial charge in [0, 0.05) is 18.6 Å². The average molecular weight is 203 g/mol. The highest BCUT2D eigenvalue weighted by atomic mass is 35.5. The lowest BCUT2D eigenvalue weighted by atomic mass is 10.3. The van der Waals surface area contributed by atoms with Crippen molar-refractivity contribution in [3.63, 3.8) is 0 Å². The first-order valence-corrected chi connectivity index (χ1v) is 4.78. The Bertz CT molecular complexity index is 255. The van der Waals surface area contributed by atoms with Gasteiger partial charge in [0.25, 0.3) is 0 Å².